The predicted octanol–water partition coefficient (Wildman–Crippen LogP) is 4.61. The van der Waals surface area contributed by atoms with Gasteiger partial charge in [0.15, 0.2) is 0 Å². The van der Waals surface area contributed by atoms with Gasteiger partial charge in [0.25, 0.3) is 5.91 Å². The zero-order valence-electron chi connectivity index (χ0n) is 14.6. The molecule has 0 bridgehead atoms. The fourth-order valence-electron chi connectivity index (χ4n) is 2.43. The summed E-state index contributed by atoms with van der Waals surface area (Å²) in [5.41, 5.74) is 4.23. The Labute approximate surface area is 157 Å². The van der Waals surface area contributed by atoms with E-state index in [1.165, 1.54) is 11.9 Å². The van der Waals surface area contributed by atoms with Crippen LogP contribution in [0.3, 0.4) is 0 Å². The Morgan fingerprint density at radius 3 is 2.54 bits per heavy atom. The second-order valence-electron chi connectivity index (χ2n) is 6.04. The third-order valence-electron chi connectivity index (χ3n) is 3.93. The molecule has 26 heavy (non-hydrogen) atoms. The maximum Gasteiger partial charge on any atom is 0.274 e. The zero-order valence-corrected chi connectivity index (χ0v) is 15.3. The minimum atomic E-state index is -0.295. The van der Waals surface area contributed by atoms with Crippen molar-refractivity contribution in [2.45, 2.75) is 20.4 Å². The summed E-state index contributed by atoms with van der Waals surface area (Å²) < 4.78 is 0. The summed E-state index contributed by atoms with van der Waals surface area (Å²) in [7, 11) is 0. The SMILES string of the molecule is Cc1ccc(CNc2cc(C(=O)Nc3ccc(Cl)cc3C)ncn2)cc1. The molecule has 5 nitrogen and oxygen atoms in total. The van der Waals surface area contributed by atoms with E-state index in [-0.39, 0.29) is 5.91 Å². The Bertz CT molecular complexity index is 925. The van der Waals surface area contributed by atoms with Crippen LogP contribution in [0.15, 0.2) is 54.9 Å². The number of anilines is 2. The van der Waals surface area contributed by atoms with Gasteiger partial charge in [-0.25, -0.2) is 9.97 Å². The van der Waals surface area contributed by atoms with E-state index < -0.39 is 0 Å². The topological polar surface area (TPSA) is 66.9 Å². The lowest BCUT2D eigenvalue weighted by atomic mass is 10.1. The van der Waals surface area contributed by atoms with Crippen LogP contribution in [0.5, 0.6) is 0 Å². The van der Waals surface area contributed by atoms with Crippen LogP contribution in [0.25, 0.3) is 0 Å². The quantitative estimate of drug-likeness (QED) is 0.691. The summed E-state index contributed by atoms with van der Waals surface area (Å²) in [6, 6.07) is 15.2. The second-order valence-corrected chi connectivity index (χ2v) is 6.48. The van der Waals surface area contributed by atoms with Crippen molar-refractivity contribution in [3.05, 3.63) is 82.3 Å². The molecule has 0 aliphatic carbocycles. The van der Waals surface area contributed by atoms with Gasteiger partial charge < -0.3 is 10.6 Å². The average molecular weight is 367 g/mol. The standard InChI is InChI=1S/C20H19ClN4O/c1-13-3-5-15(6-4-13)11-22-19-10-18(23-12-24-19)20(26)25-17-8-7-16(21)9-14(17)2/h3-10,12H,11H2,1-2H3,(H,25,26)(H,22,23,24). The number of rotatable bonds is 5. The molecule has 0 saturated carbocycles. The van der Waals surface area contributed by atoms with Crippen LogP contribution in [0, 0.1) is 13.8 Å². The Kier molecular flexibility index (Phi) is 5.49. The van der Waals surface area contributed by atoms with Crippen LogP contribution < -0.4 is 10.6 Å². The molecule has 6 heteroatoms. The third kappa shape index (κ3) is 4.58. The smallest absolute Gasteiger partial charge is 0.274 e. The molecule has 0 spiro atoms. The molecular weight excluding hydrogens is 348 g/mol. The van der Waals surface area contributed by atoms with Gasteiger partial charge in [0.2, 0.25) is 0 Å². The molecule has 2 aromatic carbocycles. The first-order valence-corrected chi connectivity index (χ1v) is 8.58. The highest BCUT2D eigenvalue weighted by molar-refractivity contribution is 6.30. The number of carbonyl (C=O) groups excluding carboxylic acids is 1. The van der Waals surface area contributed by atoms with Crippen LogP contribution in [-0.2, 0) is 6.54 Å². The van der Waals surface area contributed by atoms with Gasteiger partial charge >= 0.3 is 0 Å². The van der Waals surface area contributed by atoms with E-state index in [1.807, 2.05) is 6.92 Å². The normalized spacial score (nSPS) is 10.4. The van der Waals surface area contributed by atoms with Crippen molar-refractivity contribution in [2.75, 3.05) is 10.6 Å². The number of amides is 1. The van der Waals surface area contributed by atoms with E-state index in [4.69, 9.17) is 11.6 Å². The number of aryl methyl sites for hydroxylation is 2. The minimum absolute atomic E-state index is 0.292. The fraction of sp³-hybridized carbons (Fsp3) is 0.150. The van der Waals surface area contributed by atoms with Gasteiger partial charge in [-0.2, -0.15) is 0 Å². The lowest BCUT2D eigenvalue weighted by molar-refractivity contribution is 0.102. The first-order valence-electron chi connectivity index (χ1n) is 8.20. The third-order valence-corrected chi connectivity index (χ3v) is 4.17. The van der Waals surface area contributed by atoms with E-state index in [9.17, 15) is 4.79 Å². The van der Waals surface area contributed by atoms with Crippen LogP contribution in [0.4, 0.5) is 11.5 Å². The van der Waals surface area contributed by atoms with Gasteiger partial charge in [-0.05, 0) is 43.2 Å². The highest BCUT2D eigenvalue weighted by Gasteiger charge is 2.11. The molecule has 1 amide bonds. The van der Waals surface area contributed by atoms with E-state index in [0.29, 0.717) is 28.8 Å². The minimum Gasteiger partial charge on any atom is -0.366 e. The Morgan fingerprint density at radius 2 is 1.81 bits per heavy atom. The van der Waals surface area contributed by atoms with Crippen LogP contribution >= 0.6 is 11.6 Å². The largest absolute Gasteiger partial charge is 0.366 e. The van der Waals surface area contributed by atoms with Gasteiger partial charge in [0.1, 0.15) is 17.8 Å². The van der Waals surface area contributed by atoms with Gasteiger partial charge in [0, 0.05) is 23.3 Å². The maximum atomic E-state index is 12.5. The molecule has 0 atom stereocenters. The molecule has 0 unspecified atom stereocenters. The highest BCUT2D eigenvalue weighted by atomic mass is 35.5. The van der Waals surface area contributed by atoms with E-state index in [0.717, 1.165) is 11.1 Å². The van der Waals surface area contributed by atoms with Gasteiger partial charge in [-0.1, -0.05) is 41.4 Å². The van der Waals surface area contributed by atoms with Crippen molar-refractivity contribution in [2.24, 2.45) is 0 Å². The predicted molar refractivity (Wildman–Crippen MR) is 105 cm³/mol. The molecule has 3 aromatic rings. The molecule has 0 aliphatic heterocycles. The molecule has 1 heterocycles. The Morgan fingerprint density at radius 1 is 1.04 bits per heavy atom. The van der Waals surface area contributed by atoms with Crippen molar-refractivity contribution in [3.8, 4) is 0 Å². The Balaban J connectivity index is 1.67. The summed E-state index contributed by atoms with van der Waals surface area (Å²) in [5, 5.41) is 6.68. The second kappa shape index (κ2) is 7.97. The number of hydrogen-bond acceptors (Lipinski definition) is 4. The average Bonchev–Trinajstić information content (AvgIpc) is 2.64. The summed E-state index contributed by atoms with van der Waals surface area (Å²) in [5.74, 6) is 0.301. The van der Waals surface area contributed by atoms with Crippen molar-refractivity contribution in [1.82, 2.24) is 9.97 Å². The van der Waals surface area contributed by atoms with E-state index >= 15 is 0 Å². The van der Waals surface area contributed by atoms with E-state index in [2.05, 4.69) is 51.8 Å². The van der Waals surface area contributed by atoms with Crippen molar-refractivity contribution in [3.63, 3.8) is 0 Å². The van der Waals surface area contributed by atoms with Crippen LogP contribution in [-0.4, -0.2) is 15.9 Å². The van der Waals surface area contributed by atoms with Gasteiger partial charge in [-0.15, -0.1) is 0 Å². The molecule has 0 fully saturated rings. The van der Waals surface area contributed by atoms with Crippen molar-refractivity contribution < 1.29 is 4.79 Å². The van der Waals surface area contributed by atoms with Crippen LogP contribution in [0.1, 0.15) is 27.2 Å². The first-order chi connectivity index (χ1) is 12.5. The van der Waals surface area contributed by atoms with Gasteiger partial charge in [0.05, 0.1) is 0 Å². The molecule has 132 valence electrons. The lowest BCUT2D eigenvalue weighted by Gasteiger charge is -2.10. The molecule has 0 aliphatic rings. The summed E-state index contributed by atoms with van der Waals surface area (Å²) in [6.45, 7) is 4.56. The number of nitrogens with one attached hydrogen (secondary N) is 2. The number of carbonyl (C=O) groups is 1. The lowest BCUT2D eigenvalue weighted by Crippen LogP contribution is -2.15. The van der Waals surface area contributed by atoms with Crippen molar-refractivity contribution >= 4 is 29.0 Å². The van der Waals surface area contributed by atoms with Crippen LogP contribution in [0.2, 0.25) is 5.02 Å². The molecule has 2 N–H and O–H groups in total. The number of halogens is 1. The monoisotopic (exact) mass is 366 g/mol. The van der Waals surface area contributed by atoms with Crippen molar-refractivity contribution in [1.29, 1.82) is 0 Å². The zero-order chi connectivity index (χ0) is 18.5. The molecule has 0 radical (unpaired) electrons. The number of nitrogens with zero attached hydrogens (tertiary/aromatic N) is 2. The number of benzene rings is 2. The molecular formula is C20H19ClN4O. The summed E-state index contributed by atoms with van der Waals surface area (Å²) in [4.78, 5) is 20.7. The number of aromatic nitrogens is 2. The summed E-state index contributed by atoms with van der Waals surface area (Å²) >= 11 is 5.94. The number of hydrogen-bond donors (Lipinski definition) is 2. The summed E-state index contributed by atoms with van der Waals surface area (Å²) in [6.07, 6.45) is 1.38. The van der Waals surface area contributed by atoms with Gasteiger partial charge in [-0.3, -0.25) is 4.79 Å². The fourth-order valence-corrected chi connectivity index (χ4v) is 2.66. The highest BCUT2D eigenvalue weighted by Crippen LogP contribution is 2.20. The Hall–Kier alpha value is -2.92. The molecule has 3 rings (SSSR count). The first kappa shape index (κ1) is 17.9. The van der Waals surface area contributed by atoms with E-state index in [1.54, 1.807) is 24.3 Å². The molecule has 1 aromatic heterocycles. The maximum absolute atomic E-state index is 12.5. The molecule has 0 saturated heterocycles.